The molecule has 2 N–H and O–H groups in total. The lowest BCUT2D eigenvalue weighted by atomic mass is 9.99. The molecule has 2 atom stereocenters. The van der Waals surface area contributed by atoms with Crippen molar-refractivity contribution < 1.29 is 22.7 Å². The lowest BCUT2D eigenvalue weighted by molar-refractivity contribution is -0.137. The van der Waals surface area contributed by atoms with Crippen molar-refractivity contribution >= 4 is 29.0 Å². The van der Waals surface area contributed by atoms with Gasteiger partial charge in [-0.3, -0.25) is 9.59 Å². The number of aromatic nitrogens is 4. The van der Waals surface area contributed by atoms with Gasteiger partial charge in [0.1, 0.15) is 12.2 Å². The molecule has 40 heavy (non-hydrogen) atoms. The number of nitrogens with one attached hydrogen (secondary N) is 2. The van der Waals surface area contributed by atoms with Crippen LogP contribution in [0.25, 0.3) is 5.78 Å². The van der Waals surface area contributed by atoms with Crippen molar-refractivity contribution in [2.45, 2.75) is 51.6 Å². The molecule has 0 aliphatic carbocycles. The standard InChI is InChI=1S/C26H31F3N8O3/c1-3-20-22(34-8-6-30-7-9-34)23(39)37-25(32-24(33-37)35-12-17-11-18(13-35)40-17)36(20)14-21(38)31-19-5-4-16(10-15(19)2)26(27,28)29/h4-5,10,17-18,30H,3,6-9,11-14H2,1-2H3,(H,31,38). The number of piperazine rings is 1. The molecule has 3 aromatic rings. The highest BCUT2D eigenvalue weighted by molar-refractivity contribution is 5.91. The molecule has 14 heteroatoms. The summed E-state index contributed by atoms with van der Waals surface area (Å²) in [7, 11) is 0. The smallest absolute Gasteiger partial charge is 0.371 e. The third-order valence-corrected chi connectivity index (χ3v) is 7.75. The molecule has 0 spiro atoms. The Balaban J connectivity index is 1.38. The number of halogens is 3. The van der Waals surface area contributed by atoms with E-state index in [2.05, 4.69) is 15.7 Å². The van der Waals surface area contributed by atoms with Crippen molar-refractivity contribution in [3.05, 3.63) is 45.4 Å². The first-order valence-corrected chi connectivity index (χ1v) is 13.5. The number of carbonyl (C=O) groups excluding carboxylic acids is 1. The first-order chi connectivity index (χ1) is 19.1. The number of nitrogens with zero attached hydrogens (tertiary/aromatic N) is 6. The summed E-state index contributed by atoms with van der Waals surface area (Å²) < 4.78 is 48.0. The number of anilines is 3. The van der Waals surface area contributed by atoms with E-state index in [0.29, 0.717) is 68.6 Å². The number of alkyl halides is 3. The highest BCUT2D eigenvalue weighted by atomic mass is 19.4. The number of rotatable bonds is 6. The van der Waals surface area contributed by atoms with E-state index in [4.69, 9.17) is 9.72 Å². The molecule has 6 heterocycles. The highest BCUT2D eigenvalue weighted by Crippen LogP contribution is 2.32. The second kappa shape index (κ2) is 10.1. The molecule has 4 fully saturated rings. The Morgan fingerprint density at radius 2 is 1.88 bits per heavy atom. The summed E-state index contributed by atoms with van der Waals surface area (Å²) in [6, 6.07) is 3.20. The zero-order valence-corrected chi connectivity index (χ0v) is 22.3. The van der Waals surface area contributed by atoms with Gasteiger partial charge < -0.3 is 29.7 Å². The van der Waals surface area contributed by atoms with Gasteiger partial charge in [-0.25, -0.2) is 0 Å². The summed E-state index contributed by atoms with van der Waals surface area (Å²) in [4.78, 5) is 35.9. The van der Waals surface area contributed by atoms with Crippen LogP contribution in [-0.4, -0.2) is 76.5 Å². The van der Waals surface area contributed by atoms with Gasteiger partial charge in [0.15, 0.2) is 0 Å². The maximum Gasteiger partial charge on any atom is 0.416 e. The Morgan fingerprint density at radius 1 is 1.18 bits per heavy atom. The number of aryl methyl sites for hydroxylation is 1. The third-order valence-electron chi connectivity index (χ3n) is 7.75. The Hall–Kier alpha value is -3.65. The molecule has 4 aliphatic heterocycles. The monoisotopic (exact) mass is 560 g/mol. The highest BCUT2D eigenvalue weighted by Gasteiger charge is 2.40. The minimum Gasteiger partial charge on any atom is -0.371 e. The molecule has 1 amide bonds. The van der Waals surface area contributed by atoms with Crippen LogP contribution in [0.4, 0.5) is 30.5 Å². The second-order valence-corrected chi connectivity index (χ2v) is 10.5. The summed E-state index contributed by atoms with van der Waals surface area (Å²) in [5, 5.41) is 10.6. The van der Waals surface area contributed by atoms with Crippen LogP contribution in [0.1, 0.15) is 30.2 Å². The van der Waals surface area contributed by atoms with Crippen LogP contribution in [0, 0.1) is 6.92 Å². The van der Waals surface area contributed by atoms with Crippen LogP contribution in [0.2, 0.25) is 0 Å². The van der Waals surface area contributed by atoms with E-state index >= 15 is 0 Å². The summed E-state index contributed by atoms with van der Waals surface area (Å²) in [6.45, 7) is 7.16. The van der Waals surface area contributed by atoms with Gasteiger partial charge in [-0.15, -0.1) is 5.10 Å². The first-order valence-electron chi connectivity index (χ1n) is 13.5. The molecule has 2 bridgehead atoms. The second-order valence-electron chi connectivity index (χ2n) is 10.5. The van der Waals surface area contributed by atoms with E-state index < -0.39 is 17.6 Å². The summed E-state index contributed by atoms with van der Waals surface area (Å²) in [5.74, 6) is 0.198. The largest absolute Gasteiger partial charge is 0.416 e. The van der Waals surface area contributed by atoms with Crippen molar-refractivity contribution in [1.82, 2.24) is 24.5 Å². The molecule has 1 aromatic carbocycles. The number of amides is 1. The number of fused-ring (bicyclic) bond motifs is 3. The van der Waals surface area contributed by atoms with Gasteiger partial charge in [-0.05, 0) is 37.1 Å². The quantitative estimate of drug-likeness (QED) is 0.470. The van der Waals surface area contributed by atoms with Crippen LogP contribution >= 0.6 is 0 Å². The molecule has 0 saturated carbocycles. The van der Waals surface area contributed by atoms with E-state index in [9.17, 15) is 22.8 Å². The topological polar surface area (TPSA) is 109 Å². The number of hydrogen-bond acceptors (Lipinski definition) is 8. The fourth-order valence-electron chi connectivity index (χ4n) is 5.77. The number of benzene rings is 1. The van der Waals surface area contributed by atoms with E-state index in [1.807, 2.05) is 16.7 Å². The van der Waals surface area contributed by atoms with Gasteiger partial charge in [-0.2, -0.15) is 22.7 Å². The molecule has 11 nitrogen and oxygen atoms in total. The van der Waals surface area contributed by atoms with Crippen LogP contribution in [-0.2, 0) is 28.7 Å². The van der Waals surface area contributed by atoms with Gasteiger partial charge in [-0.1, -0.05) is 6.92 Å². The number of ether oxygens (including phenoxy) is 1. The molecule has 4 saturated heterocycles. The predicted octanol–water partition coefficient (Wildman–Crippen LogP) is 1.81. The lowest BCUT2D eigenvalue weighted by Gasteiger charge is -2.46. The molecular weight excluding hydrogens is 529 g/mol. The van der Waals surface area contributed by atoms with Crippen molar-refractivity contribution in [1.29, 1.82) is 0 Å². The Bertz CT molecular complexity index is 1500. The zero-order valence-electron chi connectivity index (χ0n) is 22.3. The van der Waals surface area contributed by atoms with Crippen molar-refractivity contribution in [2.75, 3.05) is 54.4 Å². The van der Waals surface area contributed by atoms with Gasteiger partial charge in [0.25, 0.3) is 5.56 Å². The molecule has 7 rings (SSSR count). The van der Waals surface area contributed by atoms with Crippen molar-refractivity contribution in [2.24, 2.45) is 0 Å². The van der Waals surface area contributed by atoms with Gasteiger partial charge in [0.05, 0.1) is 23.5 Å². The average Bonchev–Trinajstić information content (AvgIpc) is 3.37. The first kappa shape index (κ1) is 26.6. The Morgan fingerprint density at radius 3 is 2.50 bits per heavy atom. The Labute approximate surface area is 227 Å². The molecular formula is C26H31F3N8O3. The third kappa shape index (κ3) is 4.79. The van der Waals surface area contributed by atoms with Gasteiger partial charge >= 0.3 is 6.18 Å². The van der Waals surface area contributed by atoms with Crippen LogP contribution in [0.15, 0.2) is 23.0 Å². The zero-order chi connectivity index (χ0) is 28.2. The molecule has 4 aliphatic rings. The fourth-order valence-corrected chi connectivity index (χ4v) is 5.77. The molecule has 0 radical (unpaired) electrons. The van der Waals surface area contributed by atoms with E-state index in [1.165, 1.54) is 17.5 Å². The number of carbonyl (C=O) groups is 1. The van der Waals surface area contributed by atoms with Crippen LogP contribution in [0.3, 0.4) is 0 Å². The van der Waals surface area contributed by atoms with E-state index in [0.717, 1.165) is 18.6 Å². The van der Waals surface area contributed by atoms with Gasteiger partial charge in [0, 0.05) is 51.4 Å². The van der Waals surface area contributed by atoms with E-state index in [-0.39, 0.29) is 35.8 Å². The maximum absolute atomic E-state index is 13.8. The number of morpholine rings is 1. The Kier molecular flexibility index (Phi) is 6.69. The number of hydrogen-bond donors (Lipinski definition) is 2. The summed E-state index contributed by atoms with van der Waals surface area (Å²) in [6.07, 6.45) is -2.79. The molecule has 2 unspecified atom stereocenters. The normalized spacial score (nSPS) is 21.0. The minimum absolute atomic E-state index is 0.115. The summed E-state index contributed by atoms with van der Waals surface area (Å²) >= 11 is 0. The SMILES string of the molecule is CCc1c(N2CCNCC2)c(=O)n2nc(N3CC4CC(C3)O4)nc2n1CC(=O)Nc1ccc(C(F)(F)F)cc1C. The maximum atomic E-state index is 13.8. The molecule has 2 aromatic heterocycles. The fraction of sp³-hybridized carbons (Fsp3) is 0.538. The van der Waals surface area contributed by atoms with Crippen molar-refractivity contribution in [3.8, 4) is 0 Å². The van der Waals surface area contributed by atoms with Gasteiger partial charge in [0.2, 0.25) is 17.6 Å². The van der Waals surface area contributed by atoms with Crippen LogP contribution < -0.4 is 26.0 Å². The number of piperidine rings is 1. The summed E-state index contributed by atoms with van der Waals surface area (Å²) in [5.41, 5.74) is 0.641. The average molecular weight is 561 g/mol. The molecule has 214 valence electrons. The van der Waals surface area contributed by atoms with Crippen molar-refractivity contribution in [3.63, 3.8) is 0 Å². The van der Waals surface area contributed by atoms with E-state index in [1.54, 1.807) is 4.57 Å². The lowest BCUT2D eigenvalue weighted by Crippen LogP contribution is -2.57. The van der Waals surface area contributed by atoms with Crippen LogP contribution in [0.5, 0.6) is 0 Å². The minimum atomic E-state index is -4.47. The predicted molar refractivity (Wildman–Crippen MR) is 142 cm³/mol.